The molecule has 28 heavy (non-hydrogen) atoms. The molecule has 2 aromatic carbocycles. The van der Waals surface area contributed by atoms with Gasteiger partial charge in [0.05, 0.1) is 6.42 Å². The molecule has 0 saturated carbocycles. The molecule has 0 aliphatic rings. The molecule has 1 N–H and O–H groups in total. The number of carbonyl (C=O) groups is 2. The third-order valence-electron chi connectivity index (χ3n) is 4.39. The minimum atomic E-state index is -0.623. The van der Waals surface area contributed by atoms with Crippen LogP contribution in [0.2, 0.25) is 10.0 Å². The van der Waals surface area contributed by atoms with Gasteiger partial charge in [-0.05, 0) is 42.2 Å². The van der Waals surface area contributed by atoms with Crippen molar-refractivity contribution in [2.75, 3.05) is 6.54 Å². The lowest BCUT2D eigenvalue weighted by molar-refractivity contribution is -0.140. The second-order valence-corrected chi connectivity index (χ2v) is 8.08. The number of halogens is 2. The molecule has 0 unspecified atom stereocenters. The van der Waals surface area contributed by atoms with Crippen molar-refractivity contribution in [3.05, 3.63) is 69.7 Å². The van der Waals surface area contributed by atoms with Gasteiger partial charge in [0.25, 0.3) is 0 Å². The SMILES string of the molecule is CC(C)CNC(=O)[C@H](C)N(Cc1ccccc1Cl)C(=O)Cc1cccc(Cl)c1. The predicted molar refractivity (Wildman–Crippen MR) is 114 cm³/mol. The molecule has 1 atom stereocenters. The maximum Gasteiger partial charge on any atom is 0.242 e. The molecule has 0 radical (unpaired) electrons. The summed E-state index contributed by atoms with van der Waals surface area (Å²) >= 11 is 12.3. The Kier molecular flexibility index (Phi) is 8.34. The third-order valence-corrected chi connectivity index (χ3v) is 5.00. The molecule has 2 rings (SSSR count). The standard InChI is InChI=1S/C22H26Cl2N2O2/c1-15(2)13-25-22(28)16(3)26(14-18-8-4-5-10-20(18)24)21(27)12-17-7-6-9-19(23)11-17/h4-11,15-16H,12-14H2,1-3H3,(H,25,28)/t16-/m0/s1. The summed E-state index contributed by atoms with van der Waals surface area (Å²) in [4.78, 5) is 27.3. The topological polar surface area (TPSA) is 49.4 Å². The fraction of sp³-hybridized carbons (Fsp3) is 0.364. The van der Waals surface area contributed by atoms with Gasteiger partial charge in [-0.25, -0.2) is 0 Å². The third kappa shape index (κ3) is 6.54. The summed E-state index contributed by atoms with van der Waals surface area (Å²) in [7, 11) is 0. The fourth-order valence-electron chi connectivity index (χ4n) is 2.77. The van der Waals surface area contributed by atoms with Crippen LogP contribution in [-0.4, -0.2) is 29.3 Å². The van der Waals surface area contributed by atoms with E-state index in [9.17, 15) is 9.59 Å². The van der Waals surface area contributed by atoms with E-state index in [0.717, 1.165) is 11.1 Å². The molecule has 0 saturated heterocycles. The lowest BCUT2D eigenvalue weighted by Crippen LogP contribution is -2.48. The Morgan fingerprint density at radius 2 is 1.75 bits per heavy atom. The Bertz CT molecular complexity index is 824. The first-order valence-corrected chi connectivity index (χ1v) is 10.1. The van der Waals surface area contributed by atoms with Gasteiger partial charge in [-0.3, -0.25) is 9.59 Å². The first-order valence-electron chi connectivity index (χ1n) is 9.33. The summed E-state index contributed by atoms with van der Waals surface area (Å²) in [6.45, 7) is 6.61. The number of carbonyl (C=O) groups excluding carboxylic acids is 2. The van der Waals surface area contributed by atoms with E-state index < -0.39 is 6.04 Å². The van der Waals surface area contributed by atoms with E-state index in [1.165, 1.54) is 0 Å². The van der Waals surface area contributed by atoms with Crippen LogP contribution in [0.1, 0.15) is 31.9 Å². The minimum Gasteiger partial charge on any atom is -0.354 e. The Morgan fingerprint density at radius 1 is 1.04 bits per heavy atom. The highest BCUT2D eigenvalue weighted by Crippen LogP contribution is 2.20. The Hall–Kier alpha value is -2.04. The first-order chi connectivity index (χ1) is 13.3. The first kappa shape index (κ1) is 22.3. The van der Waals surface area contributed by atoms with Gasteiger partial charge in [0.2, 0.25) is 11.8 Å². The molecule has 150 valence electrons. The molecule has 2 aromatic rings. The lowest BCUT2D eigenvalue weighted by Gasteiger charge is -2.29. The van der Waals surface area contributed by atoms with Crippen LogP contribution in [0.25, 0.3) is 0 Å². The highest BCUT2D eigenvalue weighted by atomic mass is 35.5. The molecular formula is C22H26Cl2N2O2. The van der Waals surface area contributed by atoms with Gasteiger partial charge < -0.3 is 10.2 Å². The largest absolute Gasteiger partial charge is 0.354 e. The summed E-state index contributed by atoms with van der Waals surface area (Å²) < 4.78 is 0. The van der Waals surface area contributed by atoms with E-state index in [0.29, 0.717) is 22.5 Å². The van der Waals surface area contributed by atoms with Crippen molar-refractivity contribution in [2.24, 2.45) is 5.92 Å². The number of nitrogens with zero attached hydrogens (tertiary/aromatic N) is 1. The molecule has 4 nitrogen and oxygen atoms in total. The summed E-state index contributed by atoms with van der Waals surface area (Å²) in [5, 5.41) is 4.05. The van der Waals surface area contributed by atoms with Crippen molar-refractivity contribution in [2.45, 2.75) is 39.8 Å². The van der Waals surface area contributed by atoms with E-state index in [4.69, 9.17) is 23.2 Å². The minimum absolute atomic E-state index is 0.158. The van der Waals surface area contributed by atoms with E-state index in [1.54, 1.807) is 30.0 Å². The maximum atomic E-state index is 13.1. The molecule has 0 heterocycles. The van der Waals surface area contributed by atoms with Crippen molar-refractivity contribution >= 4 is 35.0 Å². The molecule has 0 fully saturated rings. The van der Waals surface area contributed by atoms with Crippen LogP contribution in [0.15, 0.2) is 48.5 Å². The van der Waals surface area contributed by atoms with Gasteiger partial charge in [0.1, 0.15) is 6.04 Å². The van der Waals surface area contributed by atoms with E-state index >= 15 is 0 Å². The second-order valence-electron chi connectivity index (χ2n) is 7.23. The van der Waals surface area contributed by atoms with Crippen LogP contribution >= 0.6 is 23.2 Å². The van der Waals surface area contributed by atoms with E-state index in [2.05, 4.69) is 5.32 Å². The number of hydrogen-bond donors (Lipinski definition) is 1. The number of hydrogen-bond acceptors (Lipinski definition) is 2. The quantitative estimate of drug-likeness (QED) is 0.670. The van der Waals surface area contributed by atoms with Crippen molar-refractivity contribution < 1.29 is 9.59 Å². The average molecular weight is 421 g/mol. The predicted octanol–water partition coefficient (Wildman–Crippen LogP) is 4.73. The van der Waals surface area contributed by atoms with Crippen LogP contribution in [0, 0.1) is 5.92 Å². The van der Waals surface area contributed by atoms with Gasteiger partial charge in [-0.2, -0.15) is 0 Å². The second kappa shape index (κ2) is 10.5. The molecule has 2 amide bonds. The summed E-state index contributed by atoms with van der Waals surface area (Å²) in [6.07, 6.45) is 0.160. The van der Waals surface area contributed by atoms with Gasteiger partial charge >= 0.3 is 0 Å². The average Bonchev–Trinajstić information content (AvgIpc) is 2.64. The highest BCUT2D eigenvalue weighted by Gasteiger charge is 2.26. The Labute approximate surface area is 176 Å². The van der Waals surface area contributed by atoms with E-state index in [-0.39, 0.29) is 24.8 Å². The van der Waals surface area contributed by atoms with Crippen LogP contribution in [0.5, 0.6) is 0 Å². The zero-order valence-electron chi connectivity index (χ0n) is 16.4. The molecular weight excluding hydrogens is 395 g/mol. The maximum absolute atomic E-state index is 13.1. The van der Waals surface area contributed by atoms with Crippen LogP contribution < -0.4 is 5.32 Å². The zero-order valence-corrected chi connectivity index (χ0v) is 17.9. The highest BCUT2D eigenvalue weighted by molar-refractivity contribution is 6.31. The van der Waals surface area contributed by atoms with Gasteiger partial charge in [-0.1, -0.05) is 67.4 Å². The van der Waals surface area contributed by atoms with Crippen LogP contribution in [0.3, 0.4) is 0 Å². The number of nitrogens with one attached hydrogen (secondary N) is 1. The fourth-order valence-corrected chi connectivity index (χ4v) is 3.18. The summed E-state index contributed by atoms with van der Waals surface area (Å²) in [6, 6.07) is 13.9. The van der Waals surface area contributed by atoms with E-state index in [1.807, 2.05) is 44.2 Å². The van der Waals surface area contributed by atoms with Gasteiger partial charge in [0, 0.05) is 23.1 Å². The molecule has 6 heteroatoms. The number of rotatable bonds is 8. The number of benzene rings is 2. The van der Waals surface area contributed by atoms with Crippen molar-refractivity contribution in [1.29, 1.82) is 0 Å². The van der Waals surface area contributed by atoms with Crippen molar-refractivity contribution in [3.8, 4) is 0 Å². The smallest absolute Gasteiger partial charge is 0.242 e. The van der Waals surface area contributed by atoms with Crippen molar-refractivity contribution in [1.82, 2.24) is 10.2 Å². The normalized spacial score (nSPS) is 11.9. The molecule has 0 aliphatic carbocycles. The molecule has 0 bridgehead atoms. The molecule has 0 spiro atoms. The van der Waals surface area contributed by atoms with Crippen LogP contribution in [-0.2, 0) is 22.6 Å². The molecule has 0 aliphatic heterocycles. The van der Waals surface area contributed by atoms with Crippen LogP contribution in [0.4, 0.5) is 0 Å². The monoisotopic (exact) mass is 420 g/mol. The Morgan fingerprint density at radius 3 is 2.39 bits per heavy atom. The van der Waals surface area contributed by atoms with Gasteiger partial charge in [0.15, 0.2) is 0 Å². The summed E-state index contributed by atoms with van der Waals surface area (Å²) in [5.41, 5.74) is 1.60. The Balaban J connectivity index is 2.22. The lowest BCUT2D eigenvalue weighted by atomic mass is 10.1. The summed E-state index contributed by atoms with van der Waals surface area (Å²) in [5.74, 6) is -0.00934. The van der Waals surface area contributed by atoms with Crippen molar-refractivity contribution in [3.63, 3.8) is 0 Å². The molecule has 0 aromatic heterocycles. The zero-order chi connectivity index (χ0) is 20.7. The van der Waals surface area contributed by atoms with Gasteiger partial charge in [-0.15, -0.1) is 0 Å². The number of amides is 2.